The highest BCUT2D eigenvalue weighted by Crippen LogP contribution is 2.12. The van der Waals surface area contributed by atoms with E-state index < -0.39 is 0 Å². The van der Waals surface area contributed by atoms with Gasteiger partial charge >= 0.3 is 0 Å². The summed E-state index contributed by atoms with van der Waals surface area (Å²) in [6, 6.07) is 0. The minimum Gasteiger partial charge on any atom is -0.330 e. The van der Waals surface area contributed by atoms with Crippen LogP contribution in [0, 0.1) is 5.92 Å². The van der Waals surface area contributed by atoms with Crippen LogP contribution in [0.15, 0.2) is 0 Å². The van der Waals surface area contributed by atoms with E-state index in [0.29, 0.717) is 11.2 Å². The summed E-state index contributed by atoms with van der Waals surface area (Å²) < 4.78 is 0. The quantitative estimate of drug-likeness (QED) is 0.624. The van der Waals surface area contributed by atoms with Gasteiger partial charge in [0.15, 0.2) is 0 Å². The molecule has 2 nitrogen and oxygen atoms in total. The Kier molecular flexibility index (Phi) is 6.17. The van der Waals surface area contributed by atoms with Gasteiger partial charge in [0.05, 0.1) is 0 Å². The summed E-state index contributed by atoms with van der Waals surface area (Å²) in [6.07, 6.45) is 0. The maximum absolute atomic E-state index is 5.46. The second kappa shape index (κ2) is 6.01. The highest BCUT2D eigenvalue weighted by Gasteiger charge is 2.02. The van der Waals surface area contributed by atoms with Crippen molar-refractivity contribution < 1.29 is 0 Å². The lowest BCUT2D eigenvalue weighted by molar-refractivity contribution is 0.674. The predicted molar refractivity (Wildman–Crippen MR) is 49.2 cm³/mol. The van der Waals surface area contributed by atoms with E-state index in [-0.39, 0.29) is 0 Å². The first-order valence-corrected chi connectivity index (χ1v) is 4.77. The molecule has 0 fully saturated rings. The van der Waals surface area contributed by atoms with Crippen molar-refractivity contribution in [2.75, 3.05) is 18.8 Å². The fourth-order valence-electron chi connectivity index (χ4n) is 0.465. The fourth-order valence-corrected chi connectivity index (χ4v) is 1.39. The molecule has 0 radical (unpaired) electrons. The van der Waals surface area contributed by atoms with Crippen LogP contribution in [0.1, 0.15) is 13.8 Å². The van der Waals surface area contributed by atoms with E-state index in [1.165, 1.54) is 0 Å². The van der Waals surface area contributed by atoms with Crippen molar-refractivity contribution in [2.24, 2.45) is 17.4 Å². The highest BCUT2D eigenvalue weighted by atomic mass is 32.2. The van der Waals surface area contributed by atoms with Crippen LogP contribution in [0.5, 0.6) is 0 Å². The van der Waals surface area contributed by atoms with Crippen LogP contribution in [-0.2, 0) is 0 Å². The third-order valence-electron chi connectivity index (χ3n) is 1.40. The molecular formula is C7H18N2S. The van der Waals surface area contributed by atoms with Crippen LogP contribution in [0.3, 0.4) is 0 Å². The van der Waals surface area contributed by atoms with Gasteiger partial charge in [-0.05, 0) is 18.2 Å². The first kappa shape index (κ1) is 10.3. The highest BCUT2D eigenvalue weighted by molar-refractivity contribution is 7.99. The molecule has 0 aliphatic rings. The zero-order chi connectivity index (χ0) is 7.98. The minimum absolute atomic E-state index is 0.578. The van der Waals surface area contributed by atoms with Crippen LogP contribution >= 0.6 is 11.8 Å². The molecule has 2 atom stereocenters. The van der Waals surface area contributed by atoms with Crippen molar-refractivity contribution in [1.82, 2.24) is 0 Å². The van der Waals surface area contributed by atoms with E-state index in [1.54, 1.807) is 0 Å². The van der Waals surface area contributed by atoms with Crippen LogP contribution in [0.4, 0.5) is 0 Å². The van der Waals surface area contributed by atoms with Crippen molar-refractivity contribution in [2.45, 2.75) is 19.1 Å². The molecule has 0 saturated heterocycles. The molecule has 0 amide bonds. The first-order chi connectivity index (χ1) is 4.70. The van der Waals surface area contributed by atoms with Gasteiger partial charge < -0.3 is 11.5 Å². The molecule has 0 aromatic carbocycles. The molecule has 0 aliphatic heterocycles. The van der Waals surface area contributed by atoms with Crippen molar-refractivity contribution in [3.63, 3.8) is 0 Å². The molecule has 0 aromatic rings. The second-order valence-corrected chi connectivity index (χ2v) is 4.19. The first-order valence-electron chi connectivity index (χ1n) is 3.72. The third kappa shape index (κ3) is 5.09. The number of hydrogen-bond acceptors (Lipinski definition) is 3. The summed E-state index contributed by atoms with van der Waals surface area (Å²) in [5.74, 6) is 1.76. The maximum atomic E-state index is 5.46. The Morgan fingerprint density at radius 1 is 1.20 bits per heavy atom. The Morgan fingerprint density at radius 2 is 1.80 bits per heavy atom. The molecule has 0 aromatic heterocycles. The molecule has 2 unspecified atom stereocenters. The van der Waals surface area contributed by atoms with Crippen molar-refractivity contribution in [3.8, 4) is 0 Å². The summed E-state index contributed by atoms with van der Waals surface area (Å²) in [5.41, 5.74) is 10.9. The molecule has 62 valence electrons. The molecule has 0 spiro atoms. The van der Waals surface area contributed by atoms with E-state index >= 15 is 0 Å². The van der Waals surface area contributed by atoms with Crippen LogP contribution in [-0.4, -0.2) is 24.1 Å². The Balaban J connectivity index is 3.17. The van der Waals surface area contributed by atoms with Gasteiger partial charge in [0.1, 0.15) is 0 Å². The molecule has 3 heteroatoms. The zero-order valence-electron chi connectivity index (χ0n) is 6.84. The predicted octanol–water partition coefficient (Wildman–Crippen LogP) is 0.662. The molecule has 0 heterocycles. The topological polar surface area (TPSA) is 52.0 Å². The molecule has 4 N–H and O–H groups in total. The maximum Gasteiger partial charge on any atom is 0.0142 e. The van der Waals surface area contributed by atoms with Gasteiger partial charge in [-0.15, -0.1) is 0 Å². The van der Waals surface area contributed by atoms with E-state index in [9.17, 15) is 0 Å². The molecule has 10 heavy (non-hydrogen) atoms. The van der Waals surface area contributed by atoms with Crippen LogP contribution in [0.25, 0.3) is 0 Å². The van der Waals surface area contributed by atoms with E-state index in [0.717, 1.165) is 18.8 Å². The van der Waals surface area contributed by atoms with Crippen molar-refractivity contribution >= 4 is 11.8 Å². The molecular weight excluding hydrogens is 144 g/mol. The smallest absolute Gasteiger partial charge is 0.0142 e. The number of nitrogens with two attached hydrogens (primary N) is 2. The molecule has 0 rings (SSSR count). The average molecular weight is 162 g/mol. The van der Waals surface area contributed by atoms with Crippen LogP contribution in [0.2, 0.25) is 0 Å². The van der Waals surface area contributed by atoms with Crippen molar-refractivity contribution in [1.29, 1.82) is 0 Å². The SMILES string of the molecule is CC(CN)CSC(C)CN. The van der Waals surface area contributed by atoms with Gasteiger partial charge in [-0.1, -0.05) is 13.8 Å². The van der Waals surface area contributed by atoms with E-state index in [1.807, 2.05) is 11.8 Å². The minimum atomic E-state index is 0.578. The van der Waals surface area contributed by atoms with Crippen molar-refractivity contribution in [3.05, 3.63) is 0 Å². The van der Waals surface area contributed by atoms with Gasteiger partial charge in [-0.25, -0.2) is 0 Å². The average Bonchev–Trinajstić information content (AvgIpc) is 1.99. The Bertz CT molecular complexity index is 68.0. The van der Waals surface area contributed by atoms with Gasteiger partial charge in [0.2, 0.25) is 0 Å². The normalized spacial score (nSPS) is 16.8. The lowest BCUT2D eigenvalue weighted by Crippen LogP contribution is -2.18. The third-order valence-corrected chi connectivity index (χ3v) is 2.92. The largest absolute Gasteiger partial charge is 0.330 e. The second-order valence-electron chi connectivity index (χ2n) is 2.72. The molecule has 0 aliphatic carbocycles. The monoisotopic (exact) mass is 162 g/mol. The van der Waals surface area contributed by atoms with E-state index in [2.05, 4.69) is 13.8 Å². The lowest BCUT2D eigenvalue weighted by atomic mass is 10.2. The lowest BCUT2D eigenvalue weighted by Gasteiger charge is -2.11. The van der Waals surface area contributed by atoms with Crippen LogP contribution < -0.4 is 11.5 Å². The summed E-state index contributed by atoms with van der Waals surface area (Å²) in [4.78, 5) is 0. The Hall–Kier alpha value is 0.270. The Labute approximate surface area is 67.7 Å². The number of rotatable bonds is 5. The molecule has 0 saturated carbocycles. The van der Waals surface area contributed by atoms with Gasteiger partial charge in [-0.3, -0.25) is 0 Å². The summed E-state index contributed by atoms with van der Waals surface area (Å²) >= 11 is 1.90. The van der Waals surface area contributed by atoms with Gasteiger partial charge in [0.25, 0.3) is 0 Å². The van der Waals surface area contributed by atoms with Gasteiger partial charge in [0, 0.05) is 11.8 Å². The summed E-state index contributed by atoms with van der Waals surface area (Å²) in [6.45, 7) is 5.86. The summed E-state index contributed by atoms with van der Waals surface area (Å²) in [7, 11) is 0. The fraction of sp³-hybridized carbons (Fsp3) is 1.00. The molecule has 0 bridgehead atoms. The summed E-state index contributed by atoms with van der Waals surface area (Å²) in [5, 5.41) is 0.578. The number of thioether (sulfide) groups is 1. The Morgan fingerprint density at radius 3 is 2.20 bits per heavy atom. The van der Waals surface area contributed by atoms with E-state index in [4.69, 9.17) is 11.5 Å². The number of hydrogen-bond donors (Lipinski definition) is 2. The standard InChI is InChI=1S/C7H18N2S/c1-6(3-8)5-10-7(2)4-9/h6-7H,3-5,8-9H2,1-2H3. The van der Waals surface area contributed by atoms with Gasteiger partial charge in [-0.2, -0.15) is 11.8 Å². The zero-order valence-corrected chi connectivity index (χ0v) is 7.66.